The molecule has 0 aliphatic carbocycles. The van der Waals surface area contributed by atoms with Crippen molar-refractivity contribution in [1.29, 1.82) is 0 Å². The minimum Gasteiger partial charge on any atom is -0.496 e. The molecule has 0 unspecified atom stereocenters. The zero-order chi connectivity index (χ0) is 20.2. The predicted molar refractivity (Wildman–Crippen MR) is 110 cm³/mol. The van der Waals surface area contributed by atoms with E-state index in [1.54, 1.807) is 19.5 Å². The number of nitrogens with one attached hydrogen (secondary N) is 2. The third-order valence-electron chi connectivity index (χ3n) is 5.27. The van der Waals surface area contributed by atoms with E-state index in [0.717, 1.165) is 53.2 Å². The minimum absolute atomic E-state index is 0.0448. The molecule has 0 bridgehead atoms. The molecule has 1 aromatic carbocycles. The van der Waals surface area contributed by atoms with E-state index in [1.807, 2.05) is 29.8 Å². The number of carbonyl (C=O) groups is 1. The molecular formula is C21H26N6O2. The Morgan fingerprint density at radius 1 is 1.34 bits per heavy atom. The Labute approximate surface area is 169 Å². The van der Waals surface area contributed by atoms with Crippen molar-refractivity contribution < 1.29 is 9.53 Å². The minimum atomic E-state index is -0.0448. The summed E-state index contributed by atoms with van der Waals surface area (Å²) in [4.78, 5) is 21.4. The van der Waals surface area contributed by atoms with Crippen LogP contribution in [0.25, 0.3) is 11.2 Å². The van der Waals surface area contributed by atoms with E-state index in [4.69, 9.17) is 9.84 Å². The van der Waals surface area contributed by atoms with Crippen molar-refractivity contribution in [2.75, 3.05) is 26.7 Å². The van der Waals surface area contributed by atoms with Gasteiger partial charge in [-0.25, -0.2) is 14.6 Å². The van der Waals surface area contributed by atoms with E-state index >= 15 is 0 Å². The van der Waals surface area contributed by atoms with Crippen molar-refractivity contribution in [2.24, 2.45) is 0 Å². The lowest BCUT2D eigenvalue weighted by molar-refractivity contribution is -0.120. The number of ether oxygens (including phenoxy) is 1. The Morgan fingerprint density at radius 2 is 2.21 bits per heavy atom. The van der Waals surface area contributed by atoms with Crippen LogP contribution in [0.1, 0.15) is 29.2 Å². The summed E-state index contributed by atoms with van der Waals surface area (Å²) in [5, 5.41) is 11.1. The zero-order valence-corrected chi connectivity index (χ0v) is 16.8. The van der Waals surface area contributed by atoms with Crippen LogP contribution < -0.4 is 15.4 Å². The standard InChI is InChI=1S/C21H26N6O2/c1-14-3-4-17(29-2)16(11-14)12-18(28)23-9-10-27-21-20(24-7-8-25-21)19(26-27)15-5-6-22-13-15/h3-4,7-8,11,15,22H,5-6,9-10,12-13H2,1-2H3,(H,23,28)/t15-/m0/s1. The Kier molecular flexibility index (Phi) is 5.71. The summed E-state index contributed by atoms with van der Waals surface area (Å²) in [6.45, 7) is 4.94. The Hall–Kier alpha value is -3.00. The number of aryl methyl sites for hydroxylation is 1. The first kappa shape index (κ1) is 19.3. The maximum atomic E-state index is 12.4. The van der Waals surface area contributed by atoms with Crippen molar-refractivity contribution in [1.82, 2.24) is 30.4 Å². The van der Waals surface area contributed by atoms with Crippen molar-refractivity contribution in [2.45, 2.75) is 32.2 Å². The van der Waals surface area contributed by atoms with Crippen LogP contribution in [-0.2, 0) is 17.8 Å². The second-order valence-corrected chi connectivity index (χ2v) is 7.37. The summed E-state index contributed by atoms with van der Waals surface area (Å²) < 4.78 is 7.21. The smallest absolute Gasteiger partial charge is 0.224 e. The average Bonchev–Trinajstić information content (AvgIpc) is 3.36. The quantitative estimate of drug-likeness (QED) is 0.632. The van der Waals surface area contributed by atoms with Gasteiger partial charge in [0.2, 0.25) is 5.91 Å². The number of benzene rings is 1. The molecule has 1 atom stereocenters. The summed E-state index contributed by atoms with van der Waals surface area (Å²) >= 11 is 0. The monoisotopic (exact) mass is 394 g/mol. The SMILES string of the molecule is COc1ccc(C)cc1CC(=O)NCCn1nc([C@H]2CCNC2)c2nccnc21. The summed E-state index contributed by atoms with van der Waals surface area (Å²) in [6.07, 6.45) is 4.72. The maximum Gasteiger partial charge on any atom is 0.224 e. The number of amides is 1. The molecule has 2 aromatic heterocycles. The summed E-state index contributed by atoms with van der Waals surface area (Å²) in [5.41, 5.74) is 4.61. The molecule has 2 N–H and O–H groups in total. The van der Waals surface area contributed by atoms with Crippen molar-refractivity contribution >= 4 is 17.1 Å². The number of nitrogens with zero attached hydrogens (tertiary/aromatic N) is 4. The fraction of sp³-hybridized carbons (Fsp3) is 0.429. The van der Waals surface area contributed by atoms with Gasteiger partial charge >= 0.3 is 0 Å². The van der Waals surface area contributed by atoms with E-state index in [2.05, 4.69) is 20.6 Å². The van der Waals surface area contributed by atoms with Gasteiger partial charge in [0.15, 0.2) is 5.65 Å². The highest BCUT2D eigenvalue weighted by Gasteiger charge is 2.24. The van der Waals surface area contributed by atoms with E-state index in [1.165, 1.54) is 0 Å². The van der Waals surface area contributed by atoms with E-state index in [9.17, 15) is 4.79 Å². The highest BCUT2D eigenvalue weighted by Crippen LogP contribution is 2.26. The molecule has 3 aromatic rings. The molecule has 0 radical (unpaired) electrons. The molecule has 152 valence electrons. The first-order chi connectivity index (χ1) is 14.2. The second kappa shape index (κ2) is 8.57. The van der Waals surface area contributed by atoms with E-state index in [0.29, 0.717) is 19.0 Å². The highest BCUT2D eigenvalue weighted by atomic mass is 16.5. The van der Waals surface area contributed by atoms with Gasteiger partial charge in [0, 0.05) is 37.0 Å². The lowest BCUT2D eigenvalue weighted by atomic mass is 10.0. The Morgan fingerprint density at radius 3 is 3.00 bits per heavy atom. The summed E-state index contributed by atoms with van der Waals surface area (Å²) in [6, 6.07) is 5.85. The fourth-order valence-corrected chi connectivity index (χ4v) is 3.83. The van der Waals surface area contributed by atoms with Gasteiger partial charge in [0.25, 0.3) is 0 Å². The molecule has 4 rings (SSSR count). The van der Waals surface area contributed by atoms with Gasteiger partial charge in [-0.05, 0) is 26.0 Å². The maximum absolute atomic E-state index is 12.4. The number of fused-ring (bicyclic) bond motifs is 1. The van der Waals surface area contributed by atoms with Crippen molar-refractivity contribution in [3.8, 4) is 5.75 Å². The van der Waals surface area contributed by atoms with E-state index in [-0.39, 0.29) is 12.3 Å². The van der Waals surface area contributed by atoms with Gasteiger partial charge in [0.1, 0.15) is 11.3 Å². The van der Waals surface area contributed by atoms with Gasteiger partial charge in [0.05, 0.1) is 25.8 Å². The molecule has 0 saturated carbocycles. The van der Waals surface area contributed by atoms with Crippen molar-refractivity contribution in [3.63, 3.8) is 0 Å². The lowest BCUT2D eigenvalue weighted by Gasteiger charge is -2.10. The van der Waals surface area contributed by atoms with Gasteiger partial charge in [-0.3, -0.25) is 4.79 Å². The molecular weight excluding hydrogens is 368 g/mol. The number of carbonyl (C=O) groups excluding carboxylic acids is 1. The number of hydrogen-bond donors (Lipinski definition) is 2. The topological polar surface area (TPSA) is 94.0 Å². The number of aromatic nitrogens is 4. The molecule has 1 amide bonds. The molecule has 8 nitrogen and oxygen atoms in total. The molecule has 1 fully saturated rings. The summed E-state index contributed by atoms with van der Waals surface area (Å²) in [7, 11) is 1.62. The van der Waals surface area contributed by atoms with Crippen LogP contribution in [0.5, 0.6) is 5.75 Å². The third kappa shape index (κ3) is 4.22. The van der Waals surface area contributed by atoms with Crippen LogP contribution >= 0.6 is 0 Å². The number of hydrogen-bond acceptors (Lipinski definition) is 6. The van der Waals surface area contributed by atoms with Crippen LogP contribution in [0.3, 0.4) is 0 Å². The largest absolute Gasteiger partial charge is 0.496 e. The summed E-state index contributed by atoms with van der Waals surface area (Å²) in [5.74, 6) is 1.05. The van der Waals surface area contributed by atoms with Gasteiger partial charge in [-0.15, -0.1) is 0 Å². The van der Waals surface area contributed by atoms with Gasteiger partial charge in [-0.2, -0.15) is 5.10 Å². The molecule has 1 aliphatic heterocycles. The third-order valence-corrected chi connectivity index (χ3v) is 5.27. The van der Waals surface area contributed by atoms with Crippen LogP contribution in [0, 0.1) is 6.92 Å². The van der Waals surface area contributed by atoms with Crippen molar-refractivity contribution in [3.05, 3.63) is 47.4 Å². The Bertz CT molecular complexity index is 1010. The molecule has 3 heterocycles. The van der Waals surface area contributed by atoms with Gasteiger partial charge in [-0.1, -0.05) is 17.7 Å². The van der Waals surface area contributed by atoms with Gasteiger partial charge < -0.3 is 15.4 Å². The second-order valence-electron chi connectivity index (χ2n) is 7.37. The average molecular weight is 394 g/mol. The normalized spacial score (nSPS) is 16.3. The lowest BCUT2D eigenvalue weighted by Crippen LogP contribution is -2.29. The van der Waals surface area contributed by atoms with Crippen LogP contribution in [-0.4, -0.2) is 52.4 Å². The molecule has 1 aliphatic rings. The molecule has 0 spiro atoms. The highest BCUT2D eigenvalue weighted by molar-refractivity contribution is 5.79. The molecule has 8 heteroatoms. The number of methoxy groups -OCH3 is 1. The van der Waals surface area contributed by atoms with Crippen LogP contribution in [0.2, 0.25) is 0 Å². The number of rotatable bonds is 7. The fourth-order valence-electron chi connectivity index (χ4n) is 3.83. The first-order valence-corrected chi connectivity index (χ1v) is 9.94. The zero-order valence-electron chi connectivity index (χ0n) is 16.8. The van der Waals surface area contributed by atoms with Crippen LogP contribution in [0.4, 0.5) is 0 Å². The predicted octanol–water partition coefficient (Wildman–Crippen LogP) is 1.58. The molecule has 29 heavy (non-hydrogen) atoms. The molecule has 1 saturated heterocycles. The van der Waals surface area contributed by atoms with Crippen LogP contribution in [0.15, 0.2) is 30.6 Å². The first-order valence-electron chi connectivity index (χ1n) is 9.94. The van der Waals surface area contributed by atoms with E-state index < -0.39 is 0 Å². The Balaban J connectivity index is 1.41.